The molecule has 0 amide bonds. The molecular formula is C59H60F6N8O8Ru. The Labute approximate surface area is 483 Å². The smallest absolute Gasteiger partial charge is 0.697 e. The van der Waals surface area contributed by atoms with Crippen LogP contribution in [0.3, 0.4) is 0 Å². The second kappa shape index (κ2) is 34.7. The van der Waals surface area contributed by atoms with Gasteiger partial charge in [0, 0.05) is 18.1 Å². The van der Waals surface area contributed by atoms with Crippen LogP contribution in [0, 0.1) is 5.41 Å². The van der Waals surface area contributed by atoms with Crippen LogP contribution >= 0.6 is 0 Å². The standard InChI is InChI=1S/C35H43F6N5O2.C24H17N3O6.Ru/c1-3-5-7-9-11-13-18-47-29-16-15-17-30(48-19-14-12-10-8-6-4-2)33(29)24-20-26(25(42)22-31(43)34(36,37)38)44-27(21-24)28-23-32(46-45-28)35(39,40)41;28-15-31-8-3-18-1-6-25-21(11-18)23-13-20(5-10-33-17-30)14-24(27-23)22-12-19(2-7-26-22)4-9-32-16-29;/h15-17,20-23,42-43H,3-14,18-19H2,1-2H3;1-17H;/q-2;;+2/b25-22-,43-31?;8-3+,9-4+,10-5+;. The molecule has 6 aromatic rings. The Bertz CT molecular complexity index is 3010. The van der Waals surface area contributed by atoms with E-state index in [1.807, 2.05) is 0 Å². The van der Waals surface area contributed by atoms with E-state index >= 15 is 0 Å². The number of carbonyl (C=O) groups excluding carboxylic acids is 3. The van der Waals surface area contributed by atoms with Gasteiger partial charge in [-0.2, -0.15) is 26.3 Å². The summed E-state index contributed by atoms with van der Waals surface area (Å²) in [6.07, 6.45) is 14.7. The van der Waals surface area contributed by atoms with Crippen molar-refractivity contribution in [3.63, 3.8) is 0 Å². The van der Waals surface area contributed by atoms with Crippen LogP contribution in [0.15, 0.2) is 110 Å². The molecule has 0 unspecified atom stereocenters. The van der Waals surface area contributed by atoms with Gasteiger partial charge in [0.2, 0.25) is 0 Å². The predicted molar refractivity (Wildman–Crippen MR) is 294 cm³/mol. The molecule has 0 aliphatic carbocycles. The number of halogens is 6. The van der Waals surface area contributed by atoms with E-state index in [2.05, 4.69) is 58.2 Å². The van der Waals surface area contributed by atoms with Gasteiger partial charge in [-0.3, -0.25) is 34.7 Å². The largest absolute Gasteiger partial charge is 2.00 e. The summed E-state index contributed by atoms with van der Waals surface area (Å²) in [5, 5.41) is 14.2. The number of pyridine rings is 4. The maximum atomic E-state index is 13.4. The molecule has 6 rings (SSSR count). The molecule has 0 atom stereocenters. The van der Waals surface area contributed by atoms with Crippen LogP contribution in [0.25, 0.3) is 74.9 Å². The first kappa shape index (κ1) is 66.2. The van der Waals surface area contributed by atoms with Crippen molar-refractivity contribution in [1.29, 1.82) is 5.41 Å². The fraction of sp³-hybridized carbons (Fsp3) is 0.305. The van der Waals surface area contributed by atoms with Gasteiger partial charge in [0.25, 0.3) is 19.4 Å². The van der Waals surface area contributed by atoms with E-state index in [4.69, 9.17) is 20.6 Å². The first-order valence-corrected chi connectivity index (χ1v) is 25.9. The number of nitrogens with zero attached hydrogens (tertiary/aromatic N) is 6. The van der Waals surface area contributed by atoms with E-state index in [9.17, 15) is 40.7 Å². The zero-order valence-corrected chi connectivity index (χ0v) is 46.6. The van der Waals surface area contributed by atoms with Gasteiger partial charge in [-0.1, -0.05) is 89.8 Å². The summed E-state index contributed by atoms with van der Waals surface area (Å²) in [5.41, 5.74) is 8.84. The van der Waals surface area contributed by atoms with Crippen LogP contribution in [0.4, 0.5) is 26.3 Å². The Kier molecular flexibility index (Phi) is 28.0. The summed E-state index contributed by atoms with van der Waals surface area (Å²) in [6.45, 7) is 6.00. The molecule has 0 radical (unpaired) electrons. The summed E-state index contributed by atoms with van der Waals surface area (Å²) < 4.78 is 106. The molecule has 16 nitrogen and oxygen atoms in total. The van der Waals surface area contributed by atoms with E-state index in [1.54, 1.807) is 85.2 Å². The van der Waals surface area contributed by atoms with Crippen molar-refractivity contribution in [3.05, 3.63) is 144 Å². The fourth-order valence-electron chi connectivity index (χ4n) is 7.71. The second-order valence-corrected chi connectivity index (χ2v) is 17.8. The molecule has 0 aliphatic rings. The number of allylic oxidation sites excluding steroid dienone is 1. The third kappa shape index (κ3) is 22.0. The summed E-state index contributed by atoms with van der Waals surface area (Å²) in [5.74, 6) is 0.797. The van der Waals surface area contributed by atoms with Crippen molar-refractivity contribution in [2.75, 3.05) is 13.2 Å². The number of alkyl halides is 6. The number of hydrogen-bond acceptors (Lipinski definition) is 14. The van der Waals surface area contributed by atoms with Gasteiger partial charge in [0.15, 0.2) is 0 Å². The third-order valence-electron chi connectivity index (χ3n) is 11.7. The Morgan fingerprint density at radius 1 is 0.598 bits per heavy atom. The Balaban J connectivity index is 0.000000371. The maximum absolute atomic E-state index is 13.4. The first-order chi connectivity index (χ1) is 39.1. The van der Waals surface area contributed by atoms with Crippen molar-refractivity contribution in [2.24, 2.45) is 0 Å². The van der Waals surface area contributed by atoms with Gasteiger partial charge in [-0.05, 0) is 126 Å². The number of carbonyl (C=O) groups is 3. The van der Waals surface area contributed by atoms with Gasteiger partial charge in [-0.15, -0.1) is 5.70 Å². The fourth-order valence-corrected chi connectivity index (χ4v) is 7.71. The molecule has 23 heteroatoms. The van der Waals surface area contributed by atoms with Crippen LogP contribution in [0.5, 0.6) is 11.5 Å². The van der Waals surface area contributed by atoms with E-state index in [1.165, 1.54) is 30.9 Å². The molecule has 0 fully saturated rings. The van der Waals surface area contributed by atoms with Gasteiger partial charge in [0.1, 0.15) is 22.9 Å². The number of rotatable bonds is 31. The molecule has 5 heterocycles. The number of aromatic nitrogens is 6. The van der Waals surface area contributed by atoms with Crippen molar-refractivity contribution >= 4 is 49.1 Å². The monoisotopic (exact) mass is 1220 g/mol. The minimum atomic E-state index is -5.01. The first-order valence-electron chi connectivity index (χ1n) is 25.9. The number of ether oxygens (including phenoxy) is 5. The van der Waals surface area contributed by atoms with E-state index in [0.717, 1.165) is 88.2 Å². The quantitative estimate of drug-likeness (QED) is 0.00813. The minimum absolute atomic E-state index is 0. The number of nitrogens with one attached hydrogen (secondary N) is 2. The zero-order valence-electron chi connectivity index (χ0n) is 44.8. The third-order valence-corrected chi connectivity index (χ3v) is 11.7. The maximum Gasteiger partial charge on any atom is 2.00 e. The molecule has 5 aromatic heterocycles. The number of benzene rings is 1. The predicted octanol–water partition coefficient (Wildman–Crippen LogP) is 14.9. The molecule has 0 spiro atoms. The molecule has 2 N–H and O–H groups in total. The molecule has 0 saturated carbocycles. The molecule has 0 bridgehead atoms. The molecular weight excluding hydrogens is 1160 g/mol. The van der Waals surface area contributed by atoms with Crippen LogP contribution in [-0.2, 0) is 54.2 Å². The van der Waals surface area contributed by atoms with Crippen molar-refractivity contribution in [1.82, 2.24) is 30.1 Å². The van der Waals surface area contributed by atoms with Crippen LogP contribution in [0.1, 0.15) is 119 Å². The van der Waals surface area contributed by atoms with Gasteiger partial charge in [0.05, 0.1) is 66.0 Å². The summed E-state index contributed by atoms with van der Waals surface area (Å²) >= 11 is 0. The van der Waals surface area contributed by atoms with Crippen LogP contribution < -0.4 is 14.6 Å². The Morgan fingerprint density at radius 3 is 1.54 bits per heavy atom. The minimum Gasteiger partial charge on any atom is -0.697 e. The topological polar surface area (TPSA) is 224 Å². The van der Waals surface area contributed by atoms with Gasteiger partial charge < -0.3 is 39.6 Å². The second-order valence-electron chi connectivity index (χ2n) is 17.8. The zero-order chi connectivity index (χ0) is 58.5. The van der Waals surface area contributed by atoms with Gasteiger partial charge in [-0.25, -0.2) is 4.98 Å². The molecule has 0 aliphatic heterocycles. The Morgan fingerprint density at radius 2 is 1.07 bits per heavy atom. The van der Waals surface area contributed by atoms with Crippen LogP contribution in [-0.4, -0.2) is 69.6 Å². The average Bonchev–Trinajstić information content (AvgIpc) is 4.08. The van der Waals surface area contributed by atoms with Crippen molar-refractivity contribution in [3.8, 4) is 56.8 Å². The number of unbranched alkanes of at least 4 members (excludes halogenated alkanes) is 10. The van der Waals surface area contributed by atoms with Crippen molar-refractivity contribution < 1.29 is 83.9 Å². The summed E-state index contributed by atoms with van der Waals surface area (Å²) in [7, 11) is 0. The van der Waals surface area contributed by atoms with E-state index in [-0.39, 0.29) is 42.1 Å². The van der Waals surface area contributed by atoms with E-state index in [0.29, 0.717) is 90.2 Å². The molecule has 434 valence electrons. The molecule has 1 aromatic carbocycles. The SMILES string of the molecule is CCCCCCCCOc1cccc(OCCCCCCCC)c1-c1cc(/C([NH-])=C/C(=N)C(F)(F)F)nc(-c2cc(C(F)(F)F)n[n-]2)c1.O=CO/C=C/c1ccnc(-c2cc(/C=C/OC=O)cc(-c3cc(/C=C/OC=O)ccn3)n2)c1.[Ru+2]. The van der Waals surface area contributed by atoms with Crippen molar-refractivity contribution in [2.45, 2.75) is 103 Å². The van der Waals surface area contributed by atoms with Crippen LogP contribution in [0.2, 0.25) is 0 Å². The average molecular weight is 1220 g/mol. The normalized spacial score (nSPS) is 11.7. The Hall–Kier alpha value is -8.33. The summed E-state index contributed by atoms with van der Waals surface area (Å²) in [6, 6.07) is 19.2. The van der Waals surface area contributed by atoms with Gasteiger partial charge >= 0.3 is 31.8 Å². The number of hydrogen-bond donors (Lipinski definition) is 1. The molecule has 0 saturated heterocycles. The molecule has 82 heavy (non-hydrogen) atoms. The summed E-state index contributed by atoms with van der Waals surface area (Å²) in [4.78, 5) is 48.8. The van der Waals surface area contributed by atoms with E-state index < -0.39 is 29.5 Å².